The third-order valence-corrected chi connectivity index (χ3v) is 13.8. The lowest BCUT2D eigenvalue weighted by Crippen LogP contribution is -2.48. The minimum absolute atomic E-state index is 0.0781. The molecule has 7 aromatic carbocycles. The van der Waals surface area contributed by atoms with Gasteiger partial charge in [0.1, 0.15) is 0 Å². The maximum absolute atomic E-state index is 2.49. The van der Waals surface area contributed by atoms with E-state index >= 15 is 0 Å². The van der Waals surface area contributed by atoms with Gasteiger partial charge >= 0.3 is 0 Å². The first kappa shape index (κ1) is 30.5. The highest BCUT2D eigenvalue weighted by molar-refractivity contribution is 6.14. The van der Waals surface area contributed by atoms with Crippen LogP contribution < -0.4 is 4.90 Å². The number of rotatable bonds is 5. The van der Waals surface area contributed by atoms with Gasteiger partial charge in [-0.3, -0.25) is 0 Å². The predicted octanol–water partition coefficient (Wildman–Crippen LogP) is 13.9. The Labute approximate surface area is 308 Å². The van der Waals surface area contributed by atoms with Crippen LogP contribution in [0.3, 0.4) is 0 Å². The summed E-state index contributed by atoms with van der Waals surface area (Å²) in [5.74, 6) is 2.90. The van der Waals surface area contributed by atoms with Crippen molar-refractivity contribution in [2.75, 3.05) is 4.90 Å². The van der Waals surface area contributed by atoms with Gasteiger partial charge in [-0.2, -0.15) is 0 Å². The van der Waals surface area contributed by atoms with Crippen LogP contribution in [0.2, 0.25) is 0 Å². The zero-order valence-corrected chi connectivity index (χ0v) is 30.3. The van der Waals surface area contributed by atoms with Crippen LogP contribution >= 0.6 is 0 Å². The molecule has 4 bridgehead atoms. The van der Waals surface area contributed by atoms with Crippen LogP contribution in [0.15, 0.2) is 146 Å². The molecule has 0 atom stereocenters. The maximum Gasteiger partial charge on any atom is 0.0546 e. The third-order valence-electron chi connectivity index (χ3n) is 13.8. The van der Waals surface area contributed by atoms with E-state index in [0.717, 1.165) is 17.8 Å². The minimum atomic E-state index is -0.0781. The fourth-order valence-corrected chi connectivity index (χ4v) is 11.8. The number of benzene rings is 7. The molecule has 254 valence electrons. The maximum atomic E-state index is 2.49. The number of anilines is 3. The Morgan fingerprint density at radius 2 is 1.04 bits per heavy atom. The second-order valence-corrected chi connectivity index (χ2v) is 17.2. The first-order valence-electron chi connectivity index (χ1n) is 19.6. The van der Waals surface area contributed by atoms with Crippen molar-refractivity contribution >= 4 is 38.6 Å². The molecule has 4 fully saturated rings. The van der Waals surface area contributed by atoms with Crippen molar-refractivity contribution in [2.24, 2.45) is 17.8 Å². The Kier molecular flexibility index (Phi) is 6.55. The van der Waals surface area contributed by atoms with E-state index in [2.05, 4.69) is 164 Å². The van der Waals surface area contributed by atoms with Crippen molar-refractivity contribution in [2.45, 2.75) is 63.2 Å². The third kappa shape index (κ3) is 4.54. The van der Waals surface area contributed by atoms with E-state index in [9.17, 15) is 0 Å². The Bertz CT molecular complexity index is 2480. The quantitative estimate of drug-likeness (QED) is 0.165. The first-order valence-corrected chi connectivity index (χ1v) is 19.6. The van der Waals surface area contributed by atoms with E-state index in [1.165, 1.54) is 111 Å². The van der Waals surface area contributed by atoms with Crippen molar-refractivity contribution in [3.05, 3.63) is 162 Å². The molecule has 0 aromatic heterocycles. The Balaban J connectivity index is 1.02. The fourth-order valence-electron chi connectivity index (χ4n) is 11.8. The molecule has 0 radical (unpaired) electrons. The molecule has 0 heterocycles. The summed E-state index contributed by atoms with van der Waals surface area (Å²) in [5.41, 5.74) is 13.6. The SMILES string of the molecule is CC1(C)c2ccccc2-c2ccc(N(c3ccc(-c4ccc(C56CC7CC(CC(C7)C5)C6)cc4)cc3)c3cc4ccccc4c4ccccc34)cc21. The molecule has 4 saturated carbocycles. The molecule has 52 heavy (non-hydrogen) atoms. The van der Waals surface area contributed by atoms with Gasteiger partial charge in [0.15, 0.2) is 0 Å². The summed E-state index contributed by atoms with van der Waals surface area (Å²) in [4.78, 5) is 2.49. The van der Waals surface area contributed by atoms with Gasteiger partial charge in [-0.05, 0) is 147 Å². The van der Waals surface area contributed by atoms with E-state index < -0.39 is 0 Å². The molecule has 0 unspecified atom stereocenters. The second kappa shape index (κ2) is 11.2. The average molecular weight is 672 g/mol. The Hall–Kier alpha value is -5.14. The lowest BCUT2D eigenvalue weighted by molar-refractivity contribution is -0.00518. The minimum Gasteiger partial charge on any atom is -0.310 e. The molecule has 5 aliphatic carbocycles. The van der Waals surface area contributed by atoms with E-state index in [4.69, 9.17) is 0 Å². The van der Waals surface area contributed by atoms with E-state index in [-0.39, 0.29) is 5.41 Å². The molecule has 0 aliphatic heterocycles. The zero-order valence-electron chi connectivity index (χ0n) is 30.3. The number of nitrogens with zero attached hydrogens (tertiary/aromatic N) is 1. The number of hydrogen-bond acceptors (Lipinski definition) is 1. The lowest BCUT2D eigenvalue weighted by Gasteiger charge is -2.57. The summed E-state index contributed by atoms with van der Waals surface area (Å²) in [7, 11) is 0. The normalized spacial score (nSPS) is 23.5. The Morgan fingerprint density at radius 3 is 1.75 bits per heavy atom. The monoisotopic (exact) mass is 671 g/mol. The Morgan fingerprint density at radius 1 is 0.481 bits per heavy atom. The van der Waals surface area contributed by atoms with Crippen molar-refractivity contribution in [1.82, 2.24) is 0 Å². The molecule has 1 heteroatoms. The predicted molar refractivity (Wildman–Crippen MR) is 219 cm³/mol. The average Bonchev–Trinajstić information content (AvgIpc) is 3.40. The molecule has 1 nitrogen and oxygen atoms in total. The summed E-state index contributed by atoms with van der Waals surface area (Å²) in [5, 5.41) is 5.09. The van der Waals surface area contributed by atoms with Crippen LogP contribution in [0.5, 0.6) is 0 Å². The summed E-state index contributed by atoms with van der Waals surface area (Å²) >= 11 is 0. The van der Waals surface area contributed by atoms with E-state index in [1.807, 2.05) is 0 Å². The van der Waals surface area contributed by atoms with Crippen molar-refractivity contribution in [3.8, 4) is 22.3 Å². The highest BCUT2D eigenvalue weighted by Gasteiger charge is 2.51. The molecule has 0 N–H and O–H groups in total. The van der Waals surface area contributed by atoms with Crippen molar-refractivity contribution in [3.63, 3.8) is 0 Å². The fraction of sp³-hybridized carbons (Fsp3) is 0.255. The summed E-state index contributed by atoms with van der Waals surface area (Å²) in [6, 6.07) is 55.3. The van der Waals surface area contributed by atoms with Gasteiger partial charge in [0.25, 0.3) is 0 Å². The largest absolute Gasteiger partial charge is 0.310 e. The van der Waals surface area contributed by atoms with E-state index in [0.29, 0.717) is 5.41 Å². The van der Waals surface area contributed by atoms with Crippen LogP contribution in [-0.4, -0.2) is 0 Å². The van der Waals surface area contributed by atoms with Gasteiger partial charge in [0.05, 0.1) is 5.69 Å². The van der Waals surface area contributed by atoms with Crippen molar-refractivity contribution < 1.29 is 0 Å². The number of hydrogen-bond donors (Lipinski definition) is 0. The summed E-state index contributed by atoms with van der Waals surface area (Å²) in [6.07, 6.45) is 8.72. The molecule has 0 saturated heterocycles. The smallest absolute Gasteiger partial charge is 0.0546 e. The molecular formula is C51H45N. The van der Waals surface area contributed by atoms with E-state index in [1.54, 1.807) is 5.56 Å². The number of fused-ring (bicyclic) bond motifs is 6. The van der Waals surface area contributed by atoms with Gasteiger partial charge in [-0.1, -0.05) is 129 Å². The molecular weight excluding hydrogens is 627 g/mol. The summed E-state index contributed by atoms with van der Waals surface area (Å²) in [6.45, 7) is 4.75. The van der Waals surface area contributed by atoms with Gasteiger partial charge in [0.2, 0.25) is 0 Å². The molecule has 0 spiro atoms. The van der Waals surface area contributed by atoms with Gasteiger partial charge < -0.3 is 4.90 Å². The standard InChI is InChI=1S/C51H45N/c1-50(2)47-14-8-7-12-44(47)45-24-23-41(29-48(45)50)52(49-28-38-9-3-4-10-42(38)43-11-5-6-13-46(43)49)40-21-17-37(18-22-40)36-15-19-39(20-16-36)51-30-33-25-34(31-51)27-35(26-33)32-51/h3-24,28-29,33-35H,25-27,30-32H2,1-2H3. The van der Waals surface area contributed by atoms with Crippen LogP contribution in [0, 0.1) is 17.8 Å². The highest BCUT2D eigenvalue weighted by atomic mass is 15.1. The van der Waals surface area contributed by atoms with Gasteiger partial charge in [0, 0.05) is 22.2 Å². The topological polar surface area (TPSA) is 3.24 Å². The van der Waals surface area contributed by atoms with Crippen LogP contribution in [0.4, 0.5) is 17.1 Å². The zero-order chi connectivity index (χ0) is 34.6. The first-order chi connectivity index (χ1) is 25.4. The molecule has 12 rings (SSSR count). The lowest BCUT2D eigenvalue weighted by atomic mass is 9.48. The summed E-state index contributed by atoms with van der Waals surface area (Å²) < 4.78 is 0. The van der Waals surface area contributed by atoms with Crippen LogP contribution in [-0.2, 0) is 10.8 Å². The molecule has 7 aromatic rings. The molecule has 5 aliphatic rings. The second-order valence-electron chi connectivity index (χ2n) is 17.2. The van der Waals surface area contributed by atoms with Crippen molar-refractivity contribution in [1.29, 1.82) is 0 Å². The van der Waals surface area contributed by atoms with Crippen LogP contribution in [0.25, 0.3) is 43.8 Å². The van der Waals surface area contributed by atoms with Crippen LogP contribution in [0.1, 0.15) is 69.1 Å². The molecule has 0 amide bonds. The highest BCUT2D eigenvalue weighted by Crippen LogP contribution is 2.61. The van der Waals surface area contributed by atoms with Gasteiger partial charge in [-0.25, -0.2) is 0 Å². The van der Waals surface area contributed by atoms with Gasteiger partial charge in [-0.15, -0.1) is 0 Å².